The van der Waals surface area contributed by atoms with Crippen molar-refractivity contribution in [1.82, 2.24) is 16.0 Å². The fourth-order valence-corrected chi connectivity index (χ4v) is 7.08. The van der Waals surface area contributed by atoms with E-state index in [1.54, 1.807) is 0 Å². The van der Waals surface area contributed by atoms with E-state index in [1.165, 1.54) is 89.9 Å². The highest BCUT2D eigenvalue weighted by Crippen LogP contribution is 2.33. The molecule has 0 saturated carbocycles. The number of rotatable bonds is 22. The van der Waals surface area contributed by atoms with Crippen LogP contribution >= 0.6 is 11.8 Å². The van der Waals surface area contributed by atoms with Crippen molar-refractivity contribution in [2.24, 2.45) is 0 Å². The zero-order valence-electron chi connectivity index (χ0n) is 22.9. The minimum Gasteiger partial charge on any atom is -0.353 e. The number of carbonyl (C=O) groups excluding carboxylic acids is 2. The summed E-state index contributed by atoms with van der Waals surface area (Å²) in [6, 6.07) is 0.886. The first-order valence-corrected chi connectivity index (χ1v) is 16.2. The Hall–Kier alpha value is -0.910. The summed E-state index contributed by atoms with van der Waals surface area (Å²) in [5, 5.41) is 9.81. The fourth-order valence-electron chi connectivity index (χ4n) is 5.54. The summed E-state index contributed by atoms with van der Waals surface area (Å²) in [6.45, 7) is 4.47. The fraction of sp³-hybridized carbons (Fsp3) is 0.931. The summed E-state index contributed by atoms with van der Waals surface area (Å²) in [4.78, 5) is 23.9. The Morgan fingerprint density at radius 1 is 0.857 bits per heavy atom. The quantitative estimate of drug-likeness (QED) is 0.105. The van der Waals surface area contributed by atoms with Crippen LogP contribution < -0.4 is 16.0 Å². The van der Waals surface area contributed by atoms with Crippen molar-refractivity contribution in [2.45, 2.75) is 166 Å². The van der Waals surface area contributed by atoms with E-state index in [9.17, 15) is 9.59 Å². The first-order chi connectivity index (χ1) is 17.1. The van der Waals surface area contributed by atoms with E-state index < -0.39 is 0 Å². The monoisotopic (exact) mass is 509 g/mol. The third-order valence-corrected chi connectivity index (χ3v) is 9.35. The average Bonchev–Trinajstić information content (AvgIpc) is 3.40. The zero-order valence-corrected chi connectivity index (χ0v) is 23.7. The van der Waals surface area contributed by atoms with E-state index in [1.807, 2.05) is 11.8 Å². The predicted octanol–water partition coefficient (Wildman–Crippen LogP) is 7.48. The topological polar surface area (TPSA) is 70.2 Å². The SMILES string of the molecule is CCCCCCCCCCCCCCCCC(CC)NC(=O)CCCC[C@@H]1SC[C@@H]2NC(=O)N[C@@H]21. The summed E-state index contributed by atoms with van der Waals surface area (Å²) in [7, 11) is 0. The summed E-state index contributed by atoms with van der Waals surface area (Å²) < 4.78 is 0. The van der Waals surface area contributed by atoms with Crippen LogP contribution in [-0.2, 0) is 4.79 Å². The molecule has 0 radical (unpaired) electrons. The Morgan fingerprint density at radius 2 is 1.46 bits per heavy atom. The first-order valence-electron chi connectivity index (χ1n) is 15.1. The molecule has 1 unspecified atom stereocenters. The highest BCUT2D eigenvalue weighted by atomic mass is 32.2. The molecule has 0 spiro atoms. The number of carbonyl (C=O) groups is 2. The van der Waals surface area contributed by atoms with Crippen LogP contribution in [0, 0.1) is 0 Å². The van der Waals surface area contributed by atoms with Gasteiger partial charge in [0.05, 0.1) is 12.1 Å². The highest BCUT2D eigenvalue weighted by Gasteiger charge is 2.42. The van der Waals surface area contributed by atoms with Crippen LogP contribution in [0.25, 0.3) is 0 Å². The molecule has 4 atom stereocenters. The summed E-state index contributed by atoms with van der Waals surface area (Å²) >= 11 is 1.95. The Bertz CT molecular complexity index is 574. The molecule has 2 aliphatic heterocycles. The Morgan fingerprint density at radius 3 is 2.06 bits per heavy atom. The second kappa shape index (κ2) is 19.2. The molecule has 5 nitrogen and oxygen atoms in total. The Labute approximate surface area is 220 Å². The molecule has 6 heteroatoms. The Balaban J connectivity index is 1.37. The van der Waals surface area contributed by atoms with Crippen LogP contribution in [0.3, 0.4) is 0 Å². The van der Waals surface area contributed by atoms with Gasteiger partial charge in [0.15, 0.2) is 0 Å². The molecular formula is C29H55N3O2S. The van der Waals surface area contributed by atoms with Gasteiger partial charge in [0.2, 0.25) is 5.91 Å². The van der Waals surface area contributed by atoms with Gasteiger partial charge in [-0.15, -0.1) is 0 Å². The third kappa shape index (κ3) is 13.3. The van der Waals surface area contributed by atoms with Gasteiger partial charge in [-0.1, -0.05) is 110 Å². The van der Waals surface area contributed by atoms with Gasteiger partial charge in [0.1, 0.15) is 0 Å². The molecule has 0 aliphatic carbocycles. The number of nitrogens with one attached hydrogen (secondary N) is 3. The maximum Gasteiger partial charge on any atom is 0.315 e. The molecule has 2 aliphatic rings. The second-order valence-corrected chi connectivity index (χ2v) is 12.2. The molecule has 2 fully saturated rings. The summed E-state index contributed by atoms with van der Waals surface area (Å²) in [6.07, 6.45) is 25.3. The minimum atomic E-state index is -0.0194. The van der Waals surface area contributed by atoms with Crippen molar-refractivity contribution >= 4 is 23.7 Å². The predicted molar refractivity (Wildman–Crippen MR) is 151 cm³/mol. The molecule has 2 rings (SSSR count). The van der Waals surface area contributed by atoms with Crippen LogP contribution in [0.5, 0.6) is 0 Å². The number of amides is 3. The molecule has 3 N–H and O–H groups in total. The second-order valence-electron chi connectivity index (χ2n) is 10.9. The maximum absolute atomic E-state index is 12.4. The van der Waals surface area contributed by atoms with Crippen LogP contribution in [0.4, 0.5) is 4.79 Å². The third-order valence-electron chi connectivity index (χ3n) is 7.84. The van der Waals surface area contributed by atoms with Gasteiger partial charge >= 0.3 is 6.03 Å². The van der Waals surface area contributed by atoms with Crippen molar-refractivity contribution < 1.29 is 9.59 Å². The van der Waals surface area contributed by atoms with Gasteiger partial charge in [-0.3, -0.25) is 4.79 Å². The van der Waals surface area contributed by atoms with Gasteiger partial charge < -0.3 is 16.0 Å². The molecule has 35 heavy (non-hydrogen) atoms. The van der Waals surface area contributed by atoms with Crippen molar-refractivity contribution in [1.29, 1.82) is 0 Å². The van der Waals surface area contributed by atoms with Gasteiger partial charge in [0.25, 0.3) is 0 Å². The van der Waals surface area contributed by atoms with E-state index in [2.05, 4.69) is 29.8 Å². The molecule has 2 heterocycles. The largest absolute Gasteiger partial charge is 0.353 e. The van der Waals surface area contributed by atoms with Gasteiger partial charge in [-0.2, -0.15) is 11.8 Å². The van der Waals surface area contributed by atoms with E-state index >= 15 is 0 Å². The maximum atomic E-state index is 12.4. The minimum absolute atomic E-state index is 0.0194. The molecule has 0 aromatic heterocycles. The van der Waals surface area contributed by atoms with Crippen LogP contribution in [0.15, 0.2) is 0 Å². The first kappa shape index (κ1) is 30.3. The molecule has 0 bridgehead atoms. The lowest BCUT2D eigenvalue weighted by Crippen LogP contribution is -2.36. The standard InChI is InChI=1S/C29H55N3O2S/c1-3-5-6-7-8-9-10-11-12-13-14-15-16-17-20-24(4-2)30-27(33)22-19-18-21-26-28-25(23-35-26)31-29(34)32-28/h24-26,28H,3-23H2,1-2H3,(H,30,33)(H2,31,32,34)/t24?,25-,26-,28-/m0/s1. The van der Waals surface area contributed by atoms with Crippen LogP contribution in [0.1, 0.15) is 142 Å². The molecule has 0 aromatic rings. The number of urea groups is 1. The summed E-state index contributed by atoms with van der Waals surface area (Å²) in [5.74, 6) is 1.22. The van der Waals surface area contributed by atoms with Gasteiger partial charge in [-0.05, 0) is 25.7 Å². The molecule has 3 amide bonds. The summed E-state index contributed by atoms with van der Waals surface area (Å²) in [5.41, 5.74) is 0. The smallest absolute Gasteiger partial charge is 0.315 e. The number of hydrogen-bond acceptors (Lipinski definition) is 3. The number of thioether (sulfide) groups is 1. The highest BCUT2D eigenvalue weighted by molar-refractivity contribution is 8.00. The van der Waals surface area contributed by atoms with Crippen molar-refractivity contribution in [3.63, 3.8) is 0 Å². The Kier molecular flexibility index (Phi) is 16.7. The van der Waals surface area contributed by atoms with E-state index in [4.69, 9.17) is 0 Å². The lowest BCUT2D eigenvalue weighted by molar-refractivity contribution is -0.122. The lowest BCUT2D eigenvalue weighted by Gasteiger charge is -2.18. The molecule has 204 valence electrons. The van der Waals surface area contributed by atoms with E-state index in [0.717, 1.165) is 37.9 Å². The van der Waals surface area contributed by atoms with Crippen molar-refractivity contribution in [3.8, 4) is 0 Å². The normalized spacial score (nSPS) is 22.0. The molecule has 2 saturated heterocycles. The zero-order chi connectivity index (χ0) is 25.1. The van der Waals surface area contributed by atoms with Crippen LogP contribution in [-0.4, -0.2) is 41.1 Å². The number of hydrogen-bond donors (Lipinski definition) is 3. The van der Waals surface area contributed by atoms with Crippen LogP contribution in [0.2, 0.25) is 0 Å². The van der Waals surface area contributed by atoms with E-state index in [-0.39, 0.29) is 18.0 Å². The number of fused-ring (bicyclic) bond motifs is 1. The van der Waals surface area contributed by atoms with Crippen molar-refractivity contribution in [3.05, 3.63) is 0 Å². The lowest BCUT2D eigenvalue weighted by atomic mass is 10.0. The van der Waals surface area contributed by atoms with E-state index in [0.29, 0.717) is 23.8 Å². The van der Waals surface area contributed by atoms with Crippen molar-refractivity contribution in [2.75, 3.05) is 5.75 Å². The van der Waals surface area contributed by atoms with Gasteiger partial charge in [0, 0.05) is 23.5 Å². The average molecular weight is 510 g/mol. The molecule has 0 aromatic carbocycles. The van der Waals surface area contributed by atoms with Gasteiger partial charge in [-0.25, -0.2) is 4.79 Å². The number of unbranched alkanes of at least 4 members (excludes halogenated alkanes) is 14. The molecular weight excluding hydrogens is 454 g/mol.